The van der Waals surface area contributed by atoms with E-state index in [0.717, 1.165) is 5.82 Å². The van der Waals surface area contributed by atoms with Gasteiger partial charge in [0.05, 0.1) is 30.7 Å². The van der Waals surface area contributed by atoms with Gasteiger partial charge in [-0.1, -0.05) is 0 Å². The van der Waals surface area contributed by atoms with Crippen molar-refractivity contribution in [2.24, 2.45) is 0 Å². The normalized spacial score (nSPS) is 27.6. The van der Waals surface area contributed by atoms with E-state index in [1.54, 1.807) is 25.5 Å². The fourth-order valence-corrected chi connectivity index (χ4v) is 3.91. The largest absolute Gasteiger partial charge is 0.373 e. The molecule has 3 heterocycles. The maximum Gasteiger partial charge on any atom is 0.213 e. The fourth-order valence-electron chi connectivity index (χ4n) is 2.79. The zero-order valence-corrected chi connectivity index (χ0v) is 12.2. The van der Waals surface area contributed by atoms with E-state index < -0.39 is 10.0 Å². The van der Waals surface area contributed by atoms with Gasteiger partial charge >= 0.3 is 0 Å². The average molecular weight is 298 g/mol. The number of nitrogens with zero attached hydrogens (tertiary/aromatic N) is 4. The second-order valence-electron chi connectivity index (χ2n) is 4.95. The minimum atomic E-state index is -3.17. The first kappa shape index (κ1) is 13.7. The van der Waals surface area contributed by atoms with E-state index in [2.05, 4.69) is 14.9 Å². The molecule has 1 aromatic heterocycles. The van der Waals surface area contributed by atoms with Crippen LogP contribution in [0.4, 0.5) is 5.82 Å². The van der Waals surface area contributed by atoms with E-state index in [4.69, 9.17) is 4.74 Å². The van der Waals surface area contributed by atoms with Crippen LogP contribution in [-0.4, -0.2) is 66.8 Å². The summed E-state index contributed by atoms with van der Waals surface area (Å²) in [4.78, 5) is 10.5. The summed E-state index contributed by atoms with van der Waals surface area (Å²) in [5.41, 5.74) is 0. The molecule has 0 aromatic carbocycles. The minimum Gasteiger partial charge on any atom is -0.373 e. The van der Waals surface area contributed by atoms with Gasteiger partial charge in [0.25, 0.3) is 0 Å². The molecule has 20 heavy (non-hydrogen) atoms. The molecule has 0 unspecified atom stereocenters. The van der Waals surface area contributed by atoms with Crippen LogP contribution in [0.15, 0.2) is 18.6 Å². The number of rotatable bonds is 3. The molecule has 2 fully saturated rings. The molecule has 0 spiro atoms. The van der Waals surface area contributed by atoms with E-state index in [0.29, 0.717) is 26.2 Å². The van der Waals surface area contributed by atoms with E-state index >= 15 is 0 Å². The highest BCUT2D eigenvalue weighted by atomic mass is 32.2. The summed E-state index contributed by atoms with van der Waals surface area (Å²) in [6.45, 7) is 3.84. The molecular formula is C12H18N4O3S. The van der Waals surface area contributed by atoms with Crippen LogP contribution in [0.2, 0.25) is 0 Å². The number of hydrogen-bond donors (Lipinski definition) is 0. The molecule has 0 amide bonds. The van der Waals surface area contributed by atoms with Crippen LogP contribution in [-0.2, 0) is 14.8 Å². The van der Waals surface area contributed by atoms with Crippen LogP contribution < -0.4 is 4.90 Å². The molecule has 0 bridgehead atoms. The molecule has 2 aliphatic rings. The summed E-state index contributed by atoms with van der Waals surface area (Å²) < 4.78 is 31.3. The van der Waals surface area contributed by atoms with E-state index in [1.807, 2.05) is 0 Å². The smallest absolute Gasteiger partial charge is 0.213 e. The zero-order valence-electron chi connectivity index (χ0n) is 11.3. The van der Waals surface area contributed by atoms with Gasteiger partial charge in [0.1, 0.15) is 5.82 Å². The SMILES string of the molecule is CCS(=O)(=O)N1C[C@@H]2OCCN(c3cnccn3)[C@@H]2C1. The van der Waals surface area contributed by atoms with Gasteiger partial charge in [0, 0.05) is 32.0 Å². The Labute approximate surface area is 118 Å². The van der Waals surface area contributed by atoms with Crippen molar-refractivity contribution >= 4 is 15.8 Å². The monoisotopic (exact) mass is 298 g/mol. The van der Waals surface area contributed by atoms with Crippen molar-refractivity contribution in [1.29, 1.82) is 0 Å². The third kappa shape index (κ3) is 2.38. The van der Waals surface area contributed by atoms with Crippen molar-refractivity contribution < 1.29 is 13.2 Å². The van der Waals surface area contributed by atoms with Crippen molar-refractivity contribution in [2.75, 3.05) is 36.9 Å². The molecule has 0 N–H and O–H groups in total. The molecule has 0 radical (unpaired) electrons. The molecule has 7 nitrogen and oxygen atoms in total. The maximum absolute atomic E-state index is 12.0. The summed E-state index contributed by atoms with van der Waals surface area (Å²) in [7, 11) is -3.17. The molecule has 0 aliphatic carbocycles. The van der Waals surface area contributed by atoms with Gasteiger partial charge in [0.15, 0.2) is 0 Å². The van der Waals surface area contributed by atoms with Gasteiger partial charge in [-0.25, -0.2) is 13.4 Å². The molecule has 2 atom stereocenters. The highest BCUT2D eigenvalue weighted by molar-refractivity contribution is 7.89. The van der Waals surface area contributed by atoms with Gasteiger partial charge < -0.3 is 9.64 Å². The fraction of sp³-hybridized carbons (Fsp3) is 0.667. The second kappa shape index (κ2) is 5.27. The average Bonchev–Trinajstić information content (AvgIpc) is 2.93. The summed E-state index contributed by atoms with van der Waals surface area (Å²) in [6.07, 6.45) is 4.89. The third-order valence-corrected chi connectivity index (χ3v) is 5.68. The minimum absolute atomic E-state index is 0.0155. The van der Waals surface area contributed by atoms with Crippen molar-refractivity contribution in [2.45, 2.75) is 19.1 Å². The van der Waals surface area contributed by atoms with Gasteiger partial charge in [-0.3, -0.25) is 4.98 Å². The Bertz CT molecular complexity index is 565. The van der Waals surface area contributed by atoms with Gasteiger partial charge in [0.2, 0.25) is 10.0 Å². The summed E-state index contributed by atoms with van der Waals surface area (Å²) >= 11 is 0. The second-order valence-corrected chi connectivity index (χ2v) is 7.21. The molecule has 110 valence electrons. The first-order valence-corrected chi connectivity index (χ1v) is 8.35. The molecule has 0 saturated carbocycles. The number of morpholine rings is 1. The molecular weight excluding hydrogens is 280 g/mol. The van der Waals surface area contributed by atoms with Crippen LogP contribution in [0.3, 0.4) is 0 Å². The van der Waals surface area contributed by atoms with Crippen LogP contribution >= 0.6 is 0 Å². The Morgan fingerprint density at radius 1 is 1.40 bits per heavy atom. The van der Waals surface area contributed by atoms with Gasteiger partial charge in [-0.15, -0.1) is 0 Å². The van der Waals surface area contributed by atoms with Gasteiger partial charge in [-0.2, -0.15) is 4.31 Å². The zero-order chi connectivity index (χ0) is 14.2. The van der Waals surface area contributed by atoms with Crippen LogP contribution in [0.1, 0.15) is 6.92 Å². The van der Waals surface area contributed by atoms with E-state index in [-0.39, 0.29) is 17.9 Å². The Kier molecular flexibility index (Phi) is 3.61. The van der Waals surface area contributed by atoms with E-state index in [9.17, 15) is 8.42 Å². The predicted molar refractivity (Wildman–Crippen MR) is 73.9 cm³/mol. The van der Waals surface area contributed by atoms with Crippen molar-refractivity contribution in [3.8, 4) is 0 Å². The molecule has 3 rings (SSSR count). The molecule has 2 aliphatic heterocycles. The Morgan fingerprint density at radius 2 is 2.25 bits per heavy atom. The highest BCUT2D eigenvalue weighted by Gasteiger charge is 2.44. The first-order chi connectivity index (χ1) is 9.62. The van der Waals surface area contributed by atoms with Crippen LogP contribution in [0.5, 0.6) is 0 Å². The molecule has 2 saturated heterocycles. The number of sulfonamides is 1. The molecule has 1 aromatic rings. The lowest BCUT2D eigenvalue weighted by atomic mass is 10.1. The lowest BCUT2D eigenvalue weighted by Crippen LogP contribution is -2.51. The first-order valence-electron chi connectivity index (χ1n) is 6.74. The number of aromatic nitrogens is 2. The summed E-state index contributed by atoms with van der Waals surface area (Å²) in [5.74, 6) is 0.902. The van der Waals surface area contributed by atoms with Crippen LogP contribution in [0.25, 0.3) is 0 Å². The topological polar surface area (TPSA) is 75.6 Å². The maximum atomic E-state index is 12.0. The highest BCUT2D eigenvalue weighted by Crippen LogP contribution is 2.27. The number of hydrogen-bond acceptors (Lipinski definition) is 6. The lowest BCUT2D eigenvalue weighted by Gasteiger charge is -2.37. The van der Waals surface area contributed by atoms with Crippen molar-refractivity contribution in [1.82, 2.24) is 14.3 Å². The summed E-state index contributed by atoms with van der Waals surface area (Å²) in [6, 6.07) is 0.0155. The Hall–Kier alpha value is -1.25. The molecule has 8 heteroatoms. The lowest BCUT2D eigenvalue weighted by molar-refractivity contribution is 0.0328. The number of anilines is 1. The Morgan fingerprint density at radius 3 is 2.95 bits per heavy atom. The number of ether oxygens (including phenoxy) is 1. The number of fused-ring (bicyclic) bond motifs is 1. The Balaban J connectivity index is 1.83. The van der Waals surface area contributed by atoms with Crippen molar-refractivity contribution in [3.05, 3.63) is 18.6 Å². The predicted octanol–water partition coefficient (Wildman–Crippen LogP) is -0.284. The van der Waals surface area contributed by atoms with Crippen molar-refractivity contribution in [3.63, 3.8) is 0 Å². The quantitative estimate of drug-likeness (QED) is 0.764. The third-order valence-electron chi connectivity index (χ3n) is 3.87. The van der Waals surface area contributed by atoms with E-state index in [1.165, 1.54) is 4.31 Å². The summed E-state index contributed by atoms with van der Waals surface area (Å²) in [5, 5.41) is 0. The standard InChI is InChI=1S/C12H18N4O3S/c1-2-20(17,18)15-8-10-11(9-15)19-6-5-16(10)12-7-13-3-4-14-12/h3-4,7,10-11H,2,5-6,8-9H2,1H3/t10-,11+/m1/s1. The van der Waals surface area contributed by atoms with Crippen LogP contribution in [0, 0.1) is 0 Å². The van der Waals surface area contributed by atoms with Gasteiger partial charge in [-0.05, 0) is 6.92 Å².